The monoisotopic (exact) mass is 206 g/mol. The minimum absolute atomic E-state index is 0.287. The van der Waals surface area contributed by atoms with Crippen LogP contribution in [0.15, 0.2) is 24.5 Å². The van der Waals surface area contributed by atoms with Crippen molar-refractivity contribution in [2.75, 3.05) is 13.1 Å². The Kier molecular flexibility index (Phi) is 3.03. The van der Waals surface area contributed by atoms with Crippen LogP contribution in [0.25, 0.3) is 0 Å². The molecule has 1 aliphatic heterocycles. The van der Waals surface area contributed by atoms with Crippen LogP contribution in [0, 0.1) is 5.92 Å². The van der Waals surface area contributed by atoms with Gasteiger partial charge in [0.25, 0.3) is 0 Å². The molecule has 2 rings (SSSR count). The molecule has 1 aromatic rings. The number of aliphatic hydroxyl groups is 1. The molecule has 0 amide bonds. The van der Waals surface area contributed by atoms with Gasteiger partial charge in [0.05, 0.1) is 5.60 Å². The Morgan fingerprint density at radius 2 is 2.47 bits per heavy atom. The minimum Gasteiger partial charge on any atom is -0.385 e. The summed E-state index contributed by atoms with van der Waals surface area (Å²) in [5, 5.41) is 13.9. The molecule has 0 aliphatic carbocycles. The Labute approximate surface area is 90.5 Å². The molecule has 2 heterocycles. The lowest BCUT2D eigenvalue weighted by Gasteiger charge is -2.36. The topological polar surface area (TPSA) is 45.2 Å². The summed E-state index contributed by atoms with van der Waals surface area (Å²) in [6.07, 6.45) is 5.71. The second kappa shape index (κ2) is 4.29. The predicted octanol–water partition coefficient (Wildman–Crippen LogP) is 1.29. The number of hydrogen-bond donors (Lipinski definition) is 2. The van der Waals surface area contributed by atoms with Gasteiger partial charge < -0.3 is 10.4 Å². The van der Waals surface area contributed by atoms with E-state index in [1.165, 1.54) is 0 Å². The Bertz CT molecular complexity index is 305. The van der Waals surface area contributed by atoms with Crippen molar-refractivity contribution in [3.8, 4) is 0 Å². The quantitative estimate of drug-likeness (QED) is 0.766. The van der Waals surface area contributed by atoms with Crippen LogP contribution >= 0.6 is 0 Å². The summed E-state index contributed by atoms with van der Waals surface area (Å²) in [4.78, 5) is 4.07. The van der Waals surface area contributed by atoms with Gasteiger partial charge in [-0.05, 0) is 32.4 Å². The lowest BCUT2D eigenvalue weighted by molar-refractivity contribution is -0.0159. The molecule has 1 saturated heterocycles. The van der Waals surface area contributed by atoms with E-state index in [1.807, 2.05) is 19.1 Å². The Hall–Kier alpha value is -0.930. The molecular weight excluding hydrogens is 188 g/mol. The van der Waals surface area contributed by atoms with Crippen molar-refractivity contribution in [2.45, 2.75) is 25.4 Å². The Balaban J connectivity index is 2.18. The van der Waals surface area contributed by atoms with Crippen molar-refractivity contribution in [3.05, 3.63) is 30.1 Å². The van der Waals surface area contributed by atoms with Gasteiger partial charge in [-0.3, -0.25) is 4.98 Å². The van der Waals surface area contributed by atoms with Crippen LogP contribution in [0.2, 0.25) is 0 Å². The van der Waals surface area contributed by atoms with Gasteiger partial charge in [0, 0.05) is 30.4 Å². The Morgan fingerprint density at radius 3 is 3.07 bits per heavy atom. The molecule has 0 radical (unpaired) electrons. The highest BCUT2D eigenvalue weighted by Crippen LogP contribution is 2.32. The third kappa shape index (κ3) is 2.19. The lowest BCUT2D eigenvalue weighted by Crippen LogP contribution is -2.42. The van der Waals surface area contributed by atoms with Crippen molar-refractivity contribution < 1.29 is 5.11 Å². The highest BCUT2D eigenvalue weighted by molar-refractivity contribution is 5.18. The number of nitrogens with zero attached hydrogens (tertiary/aromatic N) is 1. The van der Waals surface area contributed by atoms with Crippen LogP contribution in [-0.2, 0) is 5.60 Å². The number of piperidine rings is 1. The van der Waals surface area contributed by atoms with Gasteiger partial charge in [0.2, 0.25) is 0 Å². The Morgan fingerprint density at radius 1 is 1.60 bits per heavy atom. The molecule has 1 fully saturated rings. The van der Waals surface area contributed by atoms with E-state index in [9.17, 15) is 5.11 Å². The van der Waals surface area contributed by atoms with Crippen LogP contribution in [0.4, 0.5) is 0 Å². The van der Waals surface area contributed by atoms with Gasteiger partial charge in [-0.1, -0.05) is 6.07 Å². The molecular formula is C12H18N2O. The van der Waals surface area contributed by atoms with E-state index in [0.29, 0.717) is 0 Å². The van der Waals surface area contributed by atoms with E-state index in [4.69, 9.17) is 0 Å². The summed E-state index contributed by atoms with van der Waals surface area (Å²) >= 11 is 0. The zero-order valence-electron chi connectivity index (χ0n) is 9.11. The van der Waals surface area contributed by atoms with Crippen LogP contribution in [-0.4, -0.2) is 23.2 Å². The number of rotatable bonds is 2. The van der Waals surface area contributed by atoms with Gasteiger partial charge in [-0.15, -0.1) is 0 Å². The third-order valence-electron chi connectivity index (χ3n) is 3.34. The molecule has 0 spiro atoms. The van der Waals surface area contributed by atoms with Crippen molar-refractivity contribution in [1.82, 2.24) is 10.3 Å². The average molecular weight is 206 g/mol. The van der Waals surface area contributed by atoms with E-state index in [1.54, 1.807) is 12.4 Å². The maximum absolute atomic E-state index is 10.5. The van der Waals surface area contributed by atoms with Crippen LogP contribution < -0.4 is 5.32 Å². The summed E-state index contributed by atoms with van der Waals surface area (Å²) in [6.45, 7) is 3.85. The number of nitrogens with one attached hydrogen (secondary N) is 1. The smallest absolute Gasteiger partial charge is 0.0923 e. The van der Waals surface area contributed by atoms with Crippen LogP contribution in [0.3, 0.4) is 0 Å². The predicted molar refractivity (Wildman–Crippen MR) is 59.4 cm³/mol. The molecule has 3 nitrogen and oxygen atoms in total. The van der Waals surface area contributed by atoms with E-state index < -0.39 is 5.60 Å². The maximum atomic E-state index is 10.5. The fourth-order valence-corrected chi connectivity index (χ4v) is 2.23. The molecule has 0 aromatic carbocycles. The van der Waals surface area contributed by atoms with Crippen LogP contribution in [0.5, 0.6) is 0 Å². The summed E-state index contributed by atoms with van der Waals surface area (Å²) in [7, 11) is 0. The molecule has 0 bridgehead atoms. The molecule has 1 aromatic heterocycles. The highest BCUT2D eigenvalue weighted by atomic mass is 16.3. The zero-order valence-corrected chi connectivity index (χ0v) is 9.11. The first-order valence-corrected chi connectivity index (χ1v) is 5.55. The SMILES string of the molecule is CC(O)(c1cccnc1)C1CCCNC1. The molecule has 15 heavy (non-hydrogen) atoms. The van der Waals surface area contributed by atoms with Crippen molar-refractivity contribution >= 4 is 0 Å². The number of aromatic nitrogens is 1. The number of hydrogen-bond acceptors (Lipinski definition) is 3. The largest absolute Gasteiger partial charge is 0.385 e. The van der Waals surface area contributed by atoms with Crippen molar-refractivity contribution in [2.24, 2.45) is 5.92 Å². The van der Waals surface area contributed by atoms with Gasteiger partial charge in [0.15, 0.2) is 0 Å². The van der Waals surface area contributed by atoms with Crippen molar-refractivity contribution in [3.63, 3.8) is 0 Å². The van der Waals surface area contributed by atoms with E-state index in [-0.39, 0.29) is 5.92 Å². The highest BCUT2D eigenvalue weighted by Gasteiger charge is 2.34. The zero-order chi connectivity index (χ0) is 10.7. The van der Waals surface area contributed by atoms with Gasteiger partial charge in [-0.25, -0.2) is 0 Å². The van der Waals surface area contributed by atoms with E-state index in [0.717, 1.165) is 31.5 Å². The molecule has 1 aliphatic rings. The lowest BCUT2D eigenvalue weighted by atomic mass is 9.79. The maximum Gasteiger partial charge on any atom is 0.0923 e. The molecule has 2 N–H and O–H groups in total. The van der Waals surface area contributed by atoms with Gasteiger partial charge in [-0.2, -0.15) is 0 Å². The fraction of sp³-hybridized carbons (Fsp3) is 0.583. The average Bonchev–Trinajstić information content (AvgIpc) is 2.31. The minimum atomic E-state index is -0.762. The normalized spacial score (nSPS) is 25.9. The summed E-state index contributed by atoms with van der Waals surface area (Å²) in [5.74, 6) is 0.287. The standard InChI is InChI=1S/C12H18N2O/c1-12(15,10-4-2-6-13-8-10)11-5-3-7-14-9-11/h2,4,6,8,11,14-15H,3,5,7,9H2,1H3. The first kappa shape index (κ1) is 10.6. The van der Waals surface area contributed by atoms with Crippen LogP contribution in [0.1, 0.15) is 25.3 Å². The molecule has 0 saturated carbocycles. The summed E-state index contributed by atoms with van der Waals surface area (Å²) in [6, 6.07) is 3.82. The number of pyridine rings is 1. The third-order valence-corrected chi connectivity index (χ3v) is 3.34. The summed E-state index contributed by atoms with van der Waals surface area (Å²) in [5.41, 5.74) is 0.153. The van der Waals surface area contributed by atoms with E-state index >= 15 is 0 Å². The first-order chi connectivity index (χ1) is 7.21. The van der Waals surface area contributed by atoms with Gasteiger partial charge in [0.1, 0.15) is 0 Å². The summed E-state index contributed by atoms with van der Waals surface area (Å²) < 4.78 is 0. The molecule has 2 unspecified atom stereocenters. The van der Waals surface area contributed by atoms with Gasteiger partial charge >= 0.3 is 0 Å². The molecule has 82 valence electrons. The molecule has 3 heteroatoms. The molecule has 2 atom stereocenters. The van der Waals surface area contributed by atoms with Crippen molar-refractivity contribution in [1.29, 1.82) is 0 Å². The second-order valence-corrected chi connectivity index (χ2v) is 4.43. The first-order valence-electron chi connectivity index (χ1n) is 5.55. The fourth-order valence-electron chi connectivity index (χ4n) is 2.23. The van der Waals surface area contributed by atoms with E-state index in [2.05, 4.69) is 10.3 Å². The second-order valence-electron chi connectivity index (χ2n) is 4.43.